The molecular formula is C13H16BrNO2. The zero-order valence-corrected chi connectivity index (χ0v) is 11.5. The normalized spacial score (nSPS) is 16.1. The lowest BCUT2D eigenvalue weighted by molar-refractivity contribution is -0.133. The number of benzene rings is 1. The van der Waals surface area contributed by atoms with E-state index in [0.717, 1.165) is 35.2 Å². The van der Waals surface area contributed by atoms with Crippen LogP contribution in [0.15, 0.2) is 22.7 Å². The van der Waals surface area contributed by atoms with Gasteiger partial charge in [0.05, 0.1) is 11.6 Å². The lowest BCUT2D eigenvalue weighted by Gasteiger charge is -2.26. The molecular weight excluding hydrogens is 282 g/mol. The Morgan fingerprint density at radius 2 is 2.24 bits per heavy atom. The van der Waals surface area contributed by atoms with Crippen molar-refractivity contribution in [1.29, 1.82) is 0 Å². The Morgan fingerprint density at radius 1 is 1.41 bits per heavy atom. The van der Waals surface area contributed by atoms with Crippen molar-refractivity contribution >= 4 is 21.8 Å². The molecule has 1 aliphatic rings. The highest BCUT2D eigenvalue weighted by Gasteiger charge is 2.18. The first-order valence-electron chi connectivity index (χ1n) is 5.81. The molecule has 1 aliphatic heterocycles. The first-order chi connectivity index (χ1) is 8.20. The number of rotatable bonds is 3. The molecule has 3 nitrogen and oxygen atoms in total. The number of likely N-dealkylation sites (tertiary alicyclic amines) is 1. The summed E-state index contributed by atoms with van der Waals surface area (Å²) in [6.45, 7) is 1.57. The number of halogens is 1. The SMILES string of the molecule is COc1ccc(CN2CCCCC2=O)cc1Br. The molecule has 0 unspecified atom stereocenters. The van der Waals surface area contributed by atoms with Crippen LogP contribution in [0.2, 0.25) is 0 Å². The molecule has 0 N–H and O–H groups in total. The molecule has 0 saturated carbocycles. The van der Waals surface area contributed by atoms with Gasteiger partial charge in [-0.05, 0) is 46.5 Å². The van der Waals surface area contributed by atoms with E-state index in [1.54, 1.807) is 7.11 Å². The molecule has 0 aromatic heterocycles. The summed E-state index contributed by atoms with van der Waals surface area (Å²) in [5.41, 5.74) is 1.13. The summed E-state index contributed by atoms with van der Waals surface area (Å²) in [6, 6.07) is 5.94. The fourth-order valence-corrected chi connectivity index (χ4v) is 2.65. The molecule has 1 heterocycles. The maximum Gasteiger partial charge on any atom is 0.222 e. The van der Waals surface area contributed by atoms with E-state index < -0.39 is 0 Å². The standard InChI is InChI=1S/C13H16BrNO2/c1-17-12-6-5-10(8-11(12)14)9-15-7-3-2-4-13(15)16/h5-6,8H,2-4,7,9H2,1H3. The van der Waals surface area contributed by atoms with Crippen molar-refractivity contribution in [3.8, 4) is 5.75 Å². The number of carbonyl (C=O) groups excluding carboxylic acids is 1. The number of carbonyl (C=O) groups is 1. The average Bonchev–Trinajstić information content (AvgIpc) is 2.32. The highest BCUT2D eigenvalue weighted by molar-refractivity contribution is 9.10. The number of methoxy groups -OCH3 is 1. The largest absolute Gasteiger partial charge is 0.496 e. The summed E-state index contributed by atoms with van der Waals surface area (Å²) in [4.78, 5) is 13.6. The zero-order chi connectivity index (χ0) is 12.3. The van der Waals surface area contributed by atoms with Gasteiger partial charge in [-0.1, -0.05) is 6.07 Å². The first-order valence-corrected chi connectivity index (χ1v) is 6.60. The minimum atomic E-state index is 0.267. The molecule has 92 valence electrons. The molecule has 1 fully saturated rings. The number of piperidine rings is 1. The summed E-state index contributed by atoms with van der Waals surface area (Å²) in [5.74, 6) is 1.09. The van der Waals surface area contributed by atoms with Gasteiger partial charge in [-0.2, -0.15) is 0 Å². The van der Waals surface area contributed by atoms with Gasteiger partial charge in [0, 0.05) is 19.5 Å². The van der Waals surface area contributed by atoms with Crippen molar-refractivity contribution in [3.05, 3.63) is 28.2 Å². The third-order valence-electron chi connectivity index (χ3n) is 3.01. The Labute approximate surface area is 110 Å². The van der Waals surface area contributed by atoms with Crippen LogP contribution in [0.1, 0.15) is 24.8 Å². The summed E-state index contributed by atoms with van der Waals surface area (Å²) in [5, 5.41) is 0. The van der Waals surface area contributed by atoms with Crippen LogP contribution in [0, 0.1) is 0 Å². The van der Waals surface area contributed by atoms with Gasteiger partial charge in [-0.25, -0.2) is 0 Å². The minimum Gasteiger partial charge on any atom is -0.496 e. The summed E-state index contributed by atoms with van der Waals surface area (Å²) in [7, 11) is 1.65. The zero-order valence-electron chi connectivity index (χ0n) is 9.91. The highest BCUT2D eigenvalue weighted by atomic mass is 79.9. The number of nitrogens with zero attached hydrogens (tertiary/aromatic N) is 1. The molecule has 0 aliphatic carbocycles. The van der Waals surface area contributed by atoms with Crippen LogP contribution < -0.4 is 4.74 Å². The van der Waals surface area contributed by atoms with Crippen molar-refractivity contribution in [1.82, 2.24) is 4.90 Å². The molecule has 0 bridgehead atoms. The summed E-state index contributed by atoms with van der Waals surface area (Å²) < 4.78 is 6.12. The van der Waals surface area contributed by atoms with Gasteiger partial charge < -0.3 is 9.64 Å². The summed E-state index contributed by atoms with van der Waals surface area (Å²) >= 11 is 3.46. The predicted molar refractivity (Wildman–Crippen MR) is 70.0 cm³/mol. The van der Waals surface area contributed by atoms with Gasteiger partial charge in [0.1, 0.15) is 5.75 Å². The number of amides is 1. The second-order valence-electron chi connectivity index (χ2n) is 4.24. The van der Waals surface area contributed by atoms with Crippen LogP contribution in [-0.2, 0) is 11.3 Å². The average molecular weight is 298 g/mol. The van der Waals surface area contributed by atoms with E-state index in [9.17, 15) is 4.79 Å². The van der Waals surface area contributed by atoms with E-state index in [4.69, 9.17) is 4.74 Å². The molecule has 0 atom stereocenters. The van der Waals surface area contributed by atoms with Crippen LogP contribution in [-0.4, -0.2) is 24.5 Å². The van der Waals surface area contributed by atoms with Gasteiger partial charge >= 0.3 is 0 Å². The minimum absolute atomic E-state index is 0.267. The molecule has 0 spiro atoms. The molecule has 0 radical (unpaired) electrons. The Bertz CT molecular complexity index is 420. The molecule has 2 rings (SSSR count). The van der Waals surface area contributed by atoms with Crippen molar-refractivity contribution in [2.75, 3.05) is 13.7 Å². The van der Waals surface area contributed by atoms with Crippen molar-refractivity contribution in [2.45, 2.75) is 25.8 Å². The number of hydrogen-bond donors (Lipinski definition) is 0. The Hall–Kier alpha value is -1.03. The Balaban J connectivity index is 2.07. The van der Waals surface area contributed by atoms with Crippen LogP contribution >= 0.6 is 15.9 Å². The Morgan fingerprint density at radius 3 is 2.88 bits per heavy atom. The van der Waals surface area contributed by atoms with E-state index in [2.05, 4.69) is 15.9 Å². The topological polar surface area (TPSA) is 29.5 Å². The second-order valence-corrected chi connectivity index (χ2v) is 5.10. The van der Waals surface area contributed by atoms with Crippen LogP contribution in [0.4, 0.5) is 0 Å². The summed E-state index contributed by atoms with van der Waals surface area (Å²) in [6.07, 6.45) is 2.84. The second kappa shape index (κ2) is 5.54. The van der Waals surface area contributed by atoms with Crippen molar-refractivity contribution < 1.29 is 9.53 Å². The van der Waals surface area contributed by atoms with E-state index in [0.29, 0.717) is 13.0 Å². The number of hydrogen-bond acceptors (Lipinski definition) is 2. The fourth-order valence-electron chi connectivity index (χ4n) is 2.06. The molecule has 17 heavy (non-hydrogen) atoms. The maximum atomic E-state index is 11.7. The van der Waals surface area contributed by atoms with E-state index in [1.807, 2.05) is 23.1 Å². The van der Waals surface area contributed by atoms with E-state index in [-0.39, 0.29) is 5.91 Å². The monoisotopic (exact) mass is 297 g/mol. The van der Waals surface area contributed by atoms with E-state index in [1.165, 1.54) is 0 Å². The van der Waals surface area contributed by atoms with Gasteiger partial charge in [-0.3, -0.25) is 4.79 Å². The van der Waals surface area contributed by atoms with Gasteiger partial charge in [0.15, 0.2) is 0 Å². The highest BCUT2D eigenvalue weighted by Crippen LogP contribution is 2.26. The van der Waals surface area contributed by atoms with Crippen molar-refractivity contribution in [3.63, 3.8) is 0 Å². The number of ether oxygens (including phenoxy) is 1. The van der Waals surface area contributed by atoms with Gasteiger partial charge in [-0.15, -0.1) is 0 Å². The first kappa shape index (κ1) is 12.4. The van der Waals surface area contributed by atoms with Gasteiger partial charge in [0.25, 0.3) is 0 Å². The fraction of sp³-hybridized carbons (Fsp3) is 0.462. The maximum absolute atomic E-state index is 11.7. The smallest absolute Gasteiger partial charge is 0.222 e. The third-order valence-corrected chi connectivity index (χ3v) is 3.63. The predicted octanol–water partition coefficient (Wildman–Crippen LogP) is 2.97. The van der Waals surface area contributed by atoms with Crippen molar-refractivity contribution in [2.24, 2.45) is 0 Å². The lowest BCUT2D eigenvalue weighted by atomic mass is 10.1. The molecule has 1 aromatic rings. The third kappa shape index (κ3) is 3.00. The van der Waals surface area contributed by atoms with Gasteiger partial charge in [0.2, 0.25) is 5.91 Å². The van der Waals surface area contributed by atoms with E-state index >= 15 is 0 Å². The van der Waals surface area contributed by atoms with Crippen LogP contribution in [0.25, 0.3) is 0 Å². The quantitative estimate of drug-likeness (QED) is 0.858. The molecule has 1 amide bonds. The van der Waals surface area contributed by atoms with Crippen LogP contribution in [0.5, 0.6) is 5.75 Å². The Kier molecular flexibility index (Phi) is 4.05. The van der Waals surface area contributed by atoms with Crippen LogP contribution in [0.3, 0.4) is 0 Å². The molecule has 1 aromatic carbocycles. The molecule has 1 saturated heterocycles. The lowest BCUT2D eigenvalue weighted by Crippen LogP contribution is -2.34. The molecule has 4 heteroatoms.